The standard InChI is InChI=1S/C19H17N3O4S/c1-3-10-21-16-12-14(22(24)25)6-9-17(16)27-19(21)20-18(23)11-13-4-7-15(26-2)8-5-13/h3-9,12H,1,10-11H2,2H3. The van der Waals surface area contributed by atoms with Crippen molar-refractivity contribution in [1.82, 2.24) is 4.57 Å². The lowest BCUT2D eigenvalue weighted by Gasteiger charge is -2.02. The van der Waals surface area contributed by atoms with Crippen LogP contribution in [-0.2, 0) is 17.8 Å². The molecule has 0 saturated heterocycles. The third-order valence-corrected chi connectivity index (χ3v) is 4.98. The minimum absolute atomic E-state index is 0.00535. The Labute approximate surface area is 159 Å². The Balaban J connectivity index is 1.97. The van der Waals surface area contributed by atoms with E-state index >= 15 is 0 Å². The third kappa shape index (κ3) is 4.12. The van der Waals surface area contributed by atoms with Crippen molar-refractivity contribution in [3.8, 4) is 5.75 Å². The summed E-state index contributed by atoms with van der Waals surface area (Å²) in [6, 6.07) is 11.8. The van der Waals surface area contributed by atoms with Crippen molar-refractivity contribution in [2.75, 3.05) is 7.11 Å². The first-order valence-corrected chi connectivity index (χ1v) is 8.92. The molecule has 1 amide bonds. The first-order valence-electron chi connectivity index (χ1n) is 8.11. The van der Waals surface area contributed by atoms with E-state index in [-0.39, 0.29) is 18.0 Å². The molecule has 0 spiro atoms. The second-order valence-corrected chi connectivity index (χ2v) is 6.73. The lowest BCUT2D eigenvalue weighted by Crippen LogP contribution is -2.17. The Bertz CT molecular complexity index is 1080. The number of ether oxygens (including phenoxy) is 1. The summed E-state index contributed by atoms with van der Waals surface area (Å²) >= 11 is 1.31. The molecule has 8 heteroatoms. The number of methoxy groups -OCH3 is 1. The fourth-order valence-electron chi connectivity index (χ4n) is 2.63. The Hall–Kier alpha value is -3.26. The van der Waals surface area contributed by atoms with Crippen LogP contribution in [0.5, 0.6) is 5.75 Å². The number of amides is 1. The number of carbonyl (C=O) groups is 1. The Morgan fingerprint density at radius 1 is 1.33 bits per heavy atom. The summed E-state index contributed by atoms with van der Waals surface area (Å²) < 4.78 is 7.68. The lowest BCUT2D eigenvalue weighted by atomic mass is 10.1. The number of rotatable bonds is 6. The van der Waals surface area contributed by atoms with Crippen LogP contribution < -0.4 is 9.54 Å². The number of nitrogens with zero attached hydrogens (tertiary/aromatic N) is 3. The second-order valence-electron chi connectivity index (χ2n) is 5.72. The highest BCUT2D eigenvalue weighted by atomic mass is 32.1. The maximum atomic E-state index is 12.4. The number of non-ortho nitro benzene ring substituents is 1. The van der Waals surface area contributed by atoms with E-state index in [4.69, 9.17) is 4.74 Å². The molecule has 0 aliphatic carbocycles. The van der Waals surface area contributed by atoms with Crippen LogP contribution in [0.15, 0.2) is 60.1 Å². The van der Waals surface area contributed by atoms with Crippen LogP contribution in [0.3, 0.4) is 0 Å². The Morgan fingerprint density at radius 2 is 2.07 bits per heavy atom. The number of hydrogen-bond acceptors (Lipinski definition) is 5. The highest BCUT2D eigenvalue weighted by Crippen LogP contribution is 2.23. The predicted octanol–water partition coefficient (Wildman–Crippen LogP) is 3.48. The Morgan fingerprint density at radius 3 is 2.70 bits per heavy atom. The van der Waals surface area contributed by atoms with Crippen molar-refractivity contribution in [2.24, 2.45) is 4.99 Å². The first kappa shape index (κ1) is 18.5. The molecule has 0 bridgehead atoms. The van der Waals surface area contributed by atoms with Gasteiger partial charge in [0.1, 0.15) is 5.75 Å². The molecule has 3 aromatic rings. The molecule has 0 N–H and O–H groups in total. The van der Waals surface area contributed by atoms with E-state index < -0.39 is 4.92 Å². The highest BCUT2D eigenvalue weighted by molar-refractivity contribution is 7.16. The Kier molecular flexibility index (Phi) is 5.46. The zero-order chi connectivity index (χ0) is 19.4. The zero-order valence-electron chi connectivity index (χ0n) is 14.6. The molecular weight excluding hydrogens is 366 g/mol. The molecule has 0 atom stereocenters. The van der Waals surface area contributed by atoms with E-state index in [1.807, 2.05) is 12.1 Å². The van der Waals surface area contributed by atoms with Gasteiger partial charge in [-0.15, -0.1) is 6.58 Å². The van der Waals surface area contributed by atoms with Gasteiger partial charge in [-0.2, -0.15) is 4.99 Å². The van der Waals surface area contributed by atoms with Crippen molar-refractivity contribution in [3.63, 3.8) is 0 Å². The molecule has 0 radical (unpaired) electrons. The number of benzene rings is 2. The number of hydrogen-bond donors (Lipinski definition) is 0. The van der Waals surface area contributed by atoms with Crippen molar-refractivity contribution in [3.05, 3.63) is 75.6 Å². The first-order chi connectivity index (χ1) is 13.0. The number of carbonyl (C=O) groups excluding carboxylic acids is 1. The monoisotopic (exact) mass is 383 g/mol. The molecule has 1 aromatic heterocycles. The minimum atomic E-state index is -0.443. The van der Waals surface area contributed by atoms with E-state index in [0.29, 0.717) is 16.9 Å². The van der Waals surface area contributed by atoms with Gasteiger partial charge in [0.2, 0.25) is 0 Å². The number of aromatic nitrogens is 1. The summed E-state index contributed by atoms with van der Waals surface area (Å²) in [4.78, 5) is 27.7. The SMILES string of the molecule is C=CCn1c(=NC(=O)Cc2ccc(OC)cc2)sc2ccc([N+](=O)[O-])cc21. The fourth-order valence-corrected chi connectivity index (χ4v) is 3.66. The average molecular weight is 383 g/mol. The molecule has 27 heavy (non-hydrogen) atoms. The van der Waals surface area contributed by atoms with E-state index in [1.54, 1.807) is 36.0 Å². The van der Waals surface area contributed by atoms with Crippen molar-refractivity contribution >= 4 is 33.1 Å². The van der Waals surface area contributed by atoms with Gasteiger partial charge in [0.05, 0.1) is 28.7 Å². The summed E-state index contributed by atoms with van der Waals surface area (Å²) in [7, 11) is 1.58. The van der Waals surface area contributed by atoms with Crippen LogP contribution in [0.25, 0.3) is 10.2 Å². The van der Waals surface area contributed by atoms with E-state index in [0.717, 1.165) is 16.0 Å². The smallest absolute Gasteiger partial charge is 0.271 e. The second kappa shape index (κ2) is 7.96. The minimum Gasteiger partial charge on any atom is -0.497 e. The van der Waals surface area contributed by atoms with Crippen LogP contribution in [0.1, 0.15) is 5.56 Å². The molecule has 7 nitrogen and oxygen atoms in total. The number of thiazole rings is 1. The normalized spacial score (nSPS) is 11.5. The molecule has 0 aliphatic rings. The largest absolute Gasteiger partial charge is 0.497 e. The zero-order valence-corrected chi connectivity index (χ0v) is 15.4. The summed E-state index contributed by atoms with van der Waals surface area (Å²) in [5, 5.41) is 11.0. The van der Waals surface area contributed by atoms with Gasteiger partial charge in [-0.25, -0.2) is 0 Å². The molecule has 1 heterocycles. The van der Waals surface area contributed by atoms with Gasteiger partial charge in [0, 0.05) is 18.7 Å². The van der Waals surface area contributed by atoms with Gasteiger partial charge in [-0.05, 0) is 23.8 Å². The van der Waals surface area contributed by atoms with Crippen LogP contribution in [-0.4, -0.2) is 22.5 Å². The molecule has 138 valence electrons. The maximum Gasteiger partial charge on any atom is 0.271 e. The average Bonchev–Trinajstić information content (AvgIpc) is 2.99. The topological polar surface area (TPSA) is 86.7 Å². The fraction of sp³-hybridized carbons (Fsp3) is 0.158. The highest BCUT2D eigenvalue weighted by Gasteiger charge is 2.12. The quantitative estimate of drug-likeness (QED) is 0.370. The molecule has 0 fully saturated rings. The predicted molar refractivity (Wildman–Crippen MR) is 104 cm³/mol. The molecule has 0 aliphatic heterocycles. The van der Waals surface area contributed by atoms with Crippen molar-refractivity contribution < 1.29 is 14.5 Å². The number of nitro benzene ring substituents is 1. The van der Waals surface area contributed by atoms with Crippen molar-refractivity contribution in [2.45, 2.75) is 13.0 Å². The molecule has 3 rings (SSSR count). The van der Waals surface area contributed by atoms with Crippen LogP contribution in [0.4, 0.5) is 5.69 Å². The number of allylic oxidation sites excluding steroid dienone is 1. The van der Waals surface area contributed by atoms with Crippen LogP contribution in [0.2, 0.25) is 0 Å². The van der Waals surface area contributed by atoms with Gasteiger partial charge in [0.15, 0.2) is 4.80 Å². The van der Waals surface area contributed by atoms with E-state index in [1.165, 1.54) is 23.5 Å². The molecule has 2 aromatic carbocycles. The van der Waals surface area contributed by atoms with E-state index in [2.05, 4.69) is 11.6 Å². The van der Waals surface area contributed by atoms with Gasteiger partial charge in [-0.1, -0.05) is 29.5 Å². The van der Waals surface area contributed by atoms with E-state index in [9.17, 15) is 14.9 Å². The maximum absolute atomic E-state index is 12.4. The van der Waals surface area contributed by atoms with Gasteiger partial charge >= 0.3 is 0 Å². The summed E-state index contributed by atoms with van der Waals surface area (Å²) in [6.45, 7) is 4.11. The van der Waals surface area contributed by atoms with Crippen molar-refractivity contribution in [1.29, 1.82) is 0 Å². The lowest BCUT2D eigenvalue weighted by molar-refractivity contribution is -0.384. The molecule has 0 saturated carbocycles. The number of nitro groups is 1. The summed E-state index contributed by atoms with van der Waals surface area (Å²) in [5.41, 5.74) is 1.48. The summed E-state index contributed by atoms with van der Waals surface area (Å²) in [5.74, 6) is 0.428. The van der Waals surface area contributed by atoms with Crippen LogP contribution in [0, 0.1) is 10.1 Å². The third-order valence-electron chi connectivity index (χ3n) is 3.92. The van der Waals surface area contributed by atoms with Gasteiger partial charge in [0.25, 0.3) is 11.6 Å². The van der Waals surface area contributed by atoms with Gasteiger partial charge < -0.3 is 9.30 Å². The summed E-state index contributed by atoms with van der Waals surface area (Å²) in [6.07, 6.45) is 1.82. The number of fused-ring (bicyclic) bond motifs is 1. The van der Waals surface area contributed by atoms with Gasteiger partial charge in [-0.3, -0.25) is 14.9 Å². The molecule has 0 unspecified atom stereocenters. The van der Waals surface area contributed by atoms with Crippen LogP contribution >= 0.6 is 11.3 Å². The molecular formula is C19H17N3O4S.